The van der Waals surface area contributed by atoms with E-state index in [2.05, 4.69) is 10.6 Å². The topological polar surface area (TPSA) is 153 Å². The lowest BCUT2D eigenvalue weighted by molar-refractivity contribution is -0.138. The highest BCUT2D eigenvalue weighted by Gasteiger charge is 2.34. The molecular formula is C25H21N3O7. The lowest BCUT2D eigenvalue weighted by Crippen LogP contribution is -2.53. The van der Waals surface area contributed by atoms with Gasteiger partial charge in [-0.05, 0) is 35.2 Å². The van der Waals surface area contributed by atoms with Crippen LogP contribution in [-0.4, -0.2) is 63.8 Å². The van der Waals surface area contributed by atoms with Gasteiger partial charge in [-0.25, -0.2) is 0 Å². The van der Waals surface area contributed by atoms with Crippen molar-refractivity contribution in [3.63, 3.8) is 0 Å². The van der Waals surface area contributed by atoms with Gasteiger partial charge in [-0.1, -0.05) is 36.4 Å². The molecule has 0 radical (unpaired) electrons. The number of hydrogen-bond donors (Lipinski definition) is 4. The highest BCUT2D eigenvalue weighted by molar-refractivity contribution is 6.26. The van der Waals surface area contributed by atoms with Crippen molar-refractivity contribution in [2.75, 3.05) is 13.1 Å². The van der Waals surface area contributed by atoms with Gasteiger partial charge in [0.25, 0.3) is 11.8 Å². The average molecular weight is 475 g/mol. The Balaban J connectivity index is 1.53. The summed E-state index contributed by atoms with van der Waals surface area (Å²) in [5.41, 5.74) is 1.18. The predicted octanol–water partition coefficient (Wildman–Crippen LogP) is 1.07. The van der Waals surface area contributed by atoms with Crippen LogP contribution in [0.15, 0.2) is 60.7 Å². The molecule has 4 N–H and O–H groups in total. The van der Waals surface area contributed by atoms with Crippen molar-refractivity contribution in [3.05, 3.63) is 77.4 Å². The van der Waals surface area contributed by atoms with E-state index in [1.165, 1.54) is 12.1 Å². The van der Waals surface area contributed by atoms with Gasteiger partial charge in [-0.15, -0.1) is 0 Å². The number of nitrogens with one attached hydrogen (secondary N) is 2. The van der Waals surface area contributed by atoms with Gasteiger partial charge >= 0.3 is 5.97 Å². The Hall–Kier alpha value is -4.73. The number of carboxylic acids is 1. The summed E-state index contributed by atoms with van der Waals surface area (Å²) in [6.07, 6.45) is -0.0124. The van der Waals surface area contributed by atoms with E-state index in [0.717, 1.165) is 10.3 Å². The number of aromatic hydroxyl groups is 1. The van der Waals surface area contributed by atoms with Crippen molar-refractivity contribution in [2.24, 2.45) is 0 Å². The Morgan fingerprint density at radius 3 is 2.06 bits per heavy atom. The van der Waals surface area contributed by atoms with Gasteiger partial charge in [0, 0.05) is 22.9 Å². The Labute approximate surface area is 199 Å². The molecule has 0 aliphatic carbocycles. The van der Waals surface area contributed by atoms with Crippen LogP contribution in [-0.2, 0) is 20.8 Å². The molecule has 3 aromatic rings. The van der Waals surface area contributed by atoms with E-state index in [9.17, 15) is 29.1 Å². The summed E-state index contributed by atoms with van der Waals surface area (Å²) in [5.74, 6) is -4.01. The molecule has 0 bridgehead atoms. The van der Waals surface area contributed by atoms with Gasteiger partial charge in [-0.3, -0.25) is 28.9 Å². The lowest BCUT2D eigenvalue weighted by atomic mass is 9.94. The van der Waals surface area contributed by atoms with Crippen LogP contribution in [0, 0.1) is 0 Å². The fourth-order valence-corrected chi connectivity index (χ4v) is 3.97. The standard InChI is InChI=1S/C25H21N3O7/c29-16-9-7-14(8-10-16)11-19(23(33)26-12-21(31)32)27-20(30)13-28-24(34)17-5-1-3-15-4-2-6-18(22(15)17)25(28)35/h1-10,19,29H,11-13H2,(H,26,33)(H,27,30)(H,31,32). The maximum absolute atomic E-state index is 13.0. The van der Waals surface area contributed by atoms with Crippen LogP contribution >= 0.6 is 0 Å². The predicted molar refractivity (Wildman–Crippen MR) is 124 cm³/mol. The summed E-state index contributed by atoms with van der Waals surface area (Å²) in [6, 6.07) is 14.8. The zero-order valence-corrected chi connectivity index (χ0v) is 18.4. The number of carbonyl (C=O) groups excluding carboxylic acids is 4. The number of phenolic OH excluding ortho intramolecular Hbond substituents is 1. The van der Waals surface area contributed by atoms with Crippen LogP contribution in [0.2, 0.25) is 0 Å². The van der Waals surface area contributed by atoms with E-state index in [0.29, 0.717) is 22.1 Å². The minimum atomic E-state index is -1.26. The van der Waals surface area contributed by atoms with E-state index in [4.69, 9.17) is 5.11 Å². The number of carbonyl (C=O) groups is 5. The van der Waals surface area contributed by atoms with Crippen molar-refractivity contribution in [2.45, 2.75) is 12.5 Å². The minimum Gasteiger partial charge on any atom is -0.508 e. The molecular weight excluding hydrogens is 454 g/mol. The Kier molecular flexibility index (Phi) is 6.45. The number of phenols is 1. The van der Waals surface area contributed by atoms with Crippen LogP contribution in [0.4, 0.5) is 0 Å². The Morgan fingerprint density at radius 2 is 1.49 bits per heavy atom. The molecule has 1 heterocycles. The third-order valence-electron chi connectivity index (χ3n) is 5.60. The molecule has 4 rings (SSSR count). The first-order chi connectivity index (χ1) is 16.7. The molecule has 0 aromatic heterocycles. The van der Waals surface area contributed by atoms with E-state index in [1.54, 1.807) is 48.5 Å². The summed E-state index contributed by atoms with van der Waals surface area (Å²) in [7, 11) is 0. The summed E-state index contributed by atoms with van der Waals surface area (Å²) in [4.78, 5) is 63.2. The zero-order valence-electron chi connectivity index (χ0n) is 18.4. The molecule has 1 atom stereocenters. The Morgan fingerprint density at radius 1 is 0.886 bits per heavy atom. The molecule has 10 nitrogen and oxygen atoms in total. The number of amides is 4. The number of hydrogen-bond acceptors (Lipinski definition) is 6. The SMILES string of the molecule is O=C(O)CNC(=O)C(Cc1ccc(O)cc1)NC(=O)CN1C(=O)c2cccc3cccc(c23)C1=O. The van der Waals surface area contributed by atoms with Crippen molar-refractivity contribution in [3.8, 4) is 5.75 Å². The van der Waals surface area contributed by atoms with Gasteiger partial charge in [0.05, 0.1) is 0 Å². The van der Waals surface area contributed by atoms with Gasteiger partial charge in [-0.2, -0.15) is 0 Å². The number of aliphatic carboxylic acids is 1. The maximum atomic E-state index is 13.0. The van der Waals surface area contributed by atoms with Crippen molar-refractivity contribution in [1.82, 2.24) is 15.5 Å². The first-order valence-electron chi connectivity index (χ1n) is 10.7. The van der Waals surface area contributed by atoms with Crippen molar-refractivity contribution < 1.29 is 34.2 Å². The highest BCUT2D eigenvalue weighted by Crippen LogP contribution is 2.29. The van der Waals surface area contributed by atoms with Crippen LogP contribution in [0.1, 0.15) is 26.3 Å². The van der Waals surface area contributed by atoms with E-state index >= 15 is 0 Å². The highest BCUT2D eigenvalue weighted by atomic mass is 16.4. The quantitative estimate of drug-likeness (QED) is 0.356. The smallest absolute Gasteiger partial charge is 0.322 e. The fourth-order valence-electron chi connectivity index (χ4n) is 3.97. The molecule has 0 saturated heterocycles. The Bertz CT molecular complexity index is 1300. The van der Waals surface area contributed by atoms with Crippen LogP contribution in [0.5, 0.6) is 5.75 Å². The summed E-state index contributed by atoms with van der Waals surface area (Å²) < 4.78 is 0. The molecule has 178 valence electrons. The second-order valence-electron chi connectivity index (χ2n) is 8.01. The summed E-state index contributed by atoms with van der Waals surface area (Å²) in [6.45, 7) is -1.27. The lowest BCUT2D eigenvalue weighted by Gasteiger charge is -2.27. The van der Waals surface area contributed by atoms with Crippen LogP contribution in [0.3, 0.4) is 0 Å². The average Bonchev–Trinajstić information content (AvgIpc) is 2.84. The summed E-state index contributed by atoms with van der Waals surface area (Å²) in [5, 5.41) is 24.3. The molecule has 1 aliphatic rings. The number of carboxylic acid groups (broad SMARTS) is 1. The molecule has 1 aliphatic heterocycles. The van der Waals surface area contributed by atoms with E-state index in [1.807, 2.05) is 0 Å². The number of imide groups is 1. The van der Waals surface area contributed by atoms with Crippen molar-refractivity contribution >= 4 is 40.4 Å². The largest absolute Gasteiger partial charge is 0.508 e. The van der Waals surface area contributed by atoms with Crippen LogP contribution < -0.4 is 10.6 Å². The fraction of sp³-hybridized carbons (Fsp3) is 0.160. The van der Waals surface area contributed by atoms with E-state index in [-0.39, 0.29) is 12.2 Å². The molecule has 0 saturated carbocycles. The second-order valence-corrected chi connectivity index (χ2v) is 8.01. The van der Waals surface area contributed by atoms with Gasteiger partial charge in [0.2, 0.25) is 11.8 Å². The van der Waals surface area contributed by atoms with Gasteiger partial charge in [0.1, 0.15) is 24.9 Å². The van der Waals surface area contributed by atoms with Gasteiger partial charge < -0.3 is 20.8 Å². The van der Waals surface area contributed by atoms with Crippen LogP contribution in [0.25, 0.3) is 10.8 Å². The molecule has 0 spiro atoms. The maximum Gasteiger partial charge on any atom is 0.322 e. The minimum absolute atomic E-state index is 0.0124. The normalized spacial score (nSPS) is 13.4. The first kappa shape index (κ1) is 23.4. The number of benzene rings is 3. The van der Waals surface area contributed by atoms with E-state index < -0.39 is 48.7 Å². The molecule has 10 heteroatoms. The summed E-state index contributed by atoms with van der Waals surface area (Å²) >= 11 is 0. The molecule has 4 amide bonds. The zero-order chi connectivity index (χ0) is 25.1. The van der Waals surface area contributed by atoms with Crippen molar-refractivity contribution in [1.29, 1.82) is 0 Å². The molecule has 3 aromatic carbocycles. The second kappa shape index (κ2) is 9.64. The number of nitrogens with zero attached hydrogens (tertiary/aromatic N) is 1. The third kappa shape index (κ3) is 4.96. The molecule has 1 unspecified atom stereocenters. The third-order valence-corrected chi connectivity index (χ3v) is 5.60. The number of rotatable bonds is 8. The van der Waals surface area contributed by atoms with Gasteiger partial charge in [0.15, 0.2) is 0 Å². The molecule has 35 heavy (non-hydrogen) atoms. The first-order valence-corrected chi connectivity index (χ1v) is 10.7. The monoisotopic (exact) mass is 475 g/mol. The molecule has 0 fully saturated rings.